The fourth-order valence-electron chi connectivity index (χ4n) is 3.99. The molecule has 1 amide bonds. The SMILES string of the molecule is Cc1cc(C)c2nc(N(CCCN3CCOCC3)C(=O)CCOc3ccccc3)sc2c1. The molecule has 32 heavy (non-hydrogen) atoms. The van der Waals surface area contributed by atoms with E-state index in [1.165, 1.54) is 5.56 Å². The highest BCUT2D eigenvalue weighted by atomic mass is 32.1. The normalized spacial score (nSPS) is 14.6. The average Bonchev–Trinajstić information content (AvgIpc) is 3.22. The summed E-state index contributed by atoms with van der Waals surface area (Å²) in [6.45, 7) is 9.62. The number of rotatable bonds is 9. The van der Waals surface area contributed by atoms with E-state index < -0.39 is 0 Å². The van der Waals surface area contributed by atoms with Gasteiger partial charge in [0, 0.05) is 26.2 Å². The first-order valence-electron chi connectivity index (χ1n) is 11.3. The molecule has 0 atom stereocenters. The zero-order chi connectivity index (χ0) is 22.3. The first kappa shape index (κ1) is 22.7. The molecule has 0 unspecified atom stereocenters. The molecule has 0 bridgehead atoms. The van der Waals surface area contributed by atoms with Crippen LogP contribution in [-0.2, 0) is 9.53 Å². The molecular weight excluding hydrogens is 422 g/mol. The van der Waals surface area contributed by atoms with Crippen molar-refractivity contribution in [3.05, 3.63) is 53.6 Å². The highest BCUT2D eigenvalue weighted by molar-refractivity contribution is 7.22. The smallest absolute Gasteiger partial charge is 0.232 e. The van der Waals surface area contributed by atoms with Gasteiger partial charge >= 0.3 is 0 Å². The first-order chi connectivity index (χ1) is 15.6. The number of carbonyl (C=O) groups excluding carboxylic acids is 1. The van der Waals surface area contributed by atoms with E-state index in [-0.39, 0.29) is 5.91 Å². The van der Waals surface area contributed by atoms with Crippen molar-refractivity contribution in [3.63, 3.8) is 0 Å². The Hall–Kier alpha value is -2.48. The van der Waals surface area contributed by atoms with Gasteiger partial charge in [0.05, 0.1) is 36.5 Å². The van der Waals surface area contributed by atoms with Crippen LogP contribution in [0.1, 0.15) is 24.0 Å². The van der Waals surface area contributed by atoms with E-state index in [2.05, 4.69) is 30.9 Å². The van der Waals surface area contributed by atoms with Crippen LogP contribution in [0.25, 0.3) is 10.2 Å². The quantitative estimate of drug-likeness (QED) is 0.480. The lowest BCUT2D eigenvalue weighted by Gasteiger charge is -2.27. The minimum atomic E-state index is 0.0522. The summed E-state index contributed by atoms with van der Waals surface area (Å²) in [4.78, 5) is 22.3. The van der Waals surface area contributed by atoms with Crippen LogP contribution in [-0.4, -0.2) is 61.8 Å². The van der Waals surface area contributed by atoms with Gasteiger partial charge in [-0.25, -0.2) is 4.98 Å². The molecule has 0 aliphatic carbocycles. The number of nitrogens with zero attached hydrogens (tertiary/aromatic N) is 3. The van der Waals surface area contributed by atoms with Crippen LogP contribution in [0.3, 0.4) is 0 Å². The van der Waals surface area contributed by atoms with Crippen LogP contribution in [0.5, 0.6) is 5.75 Å². The Morgan fingerprint density at radius 1 is 1.19 bits per heavy atom. The molecule has 4 rings (SSSR count). The van der Waals surface area contributed by atoms with Crippen LogP contribution in [0, 0.1) is 13.8 Å². The van der Waals surface area contributed by atoms with E-state index >= 15 is 0 Å². The van der Waals surface area contributed by atoms with Crippen LogP contribution in [0.15, 0.2) is 42.5 Å². The molecule has 0 N–H and O–H groups in total. The second-order valence-electron chi connectivity index (χ2n) is 8.19. The predicted molar refractivity (Wildman–Crippen MR) is 130 cm³/mol. The number of carbonyl (C=O) groups is 1. The Morgan fingerprint density at radius 3 is 2.75 bits per heavy atom. The van der Waals surface area contributed by atoms with Crippen molar-refractivity contribution in [1.82, 2.24) is 9.88 Å². The number of aromatic nitrogens is 1. The molecular formula is C25H31N3O3S. The fraction of sp³-hybridized carbons (Fsp3) is 0.440. The average molecular weight is 454 g/mol. The van der Waals surface area contributed by atoms with Crippen molar-refractivity contribution >= 4 is 32.6 Å². The summed E-state index contributed by atoms with van der Waals surface area (Å²) in [5, 5.41) is 0.778. The summed E-state index contributed by atoms with van der Waals surface area (Å²) in [5.74, 6) is 0.835. The number of hydrogen-bond donors (Lipinski definition) is 0. The third kappa shape index (κ3) is 5.85. The summed E-state index contributed by atoms with van der Waals surface area (Å²) >= 11 is 1.60. The molecule has 2 heterocycles. The number of anilines is 1. The number of hydrogen-bond acceptors (Lipinski definition) is 6. The monoisotopic (exact) mass is 453 g/mol. The molecule has 6 nitrogen and oxygen atoms in total. The van der Waals surface area contributed by atoms with E-state index in [1.54, 1.807) is 11.3 Å². The highest BCUT2D eigenvalue weighted by Gasteiger charge is 2.21. The third-order valence-corrected chi connectivity index (χ3v) is 6.66. The van der Waals surface area contributed by atoms with Crippen molar-refractivity contribution in [2.75, 3.05) is 50.9 Å². The lowest BCUT2D eigenvalue weighted by molar-refractivity contribution is -0.119. The Kier molecular flexibility index (Phi) is 7.73. The predicted octanol–water partition coefficient (Wildman–Crippen LogP) is 4.44. The number of thiazole rings is 1. The zero-order valence-electron chi connectivity index (χ0n) is 18.9. The number of ether oxygens (including phenoxy) is 2. The second kappa shape index (κ2) is 10.9. The topological polar surface area (TPSA) is 54.9 Å². The Morgan fingerprint density at radius 2 is 1.97 bits per heavy atom. The number of fused-ring (bicyclic) bond motifs is 1. The molecule has 2 aromatic carbocycles. The number of aryl methyl sites for hydroxylation is 2. The zero-order valence-corrected chi connectivity index (χ0v) is 19.7. The summed E-state index contributed by atoms with van der Waals surface area (Å²) in [5.41, 5.74) is 3.35. The van der Waals surface area contributed by atoms with Gasteiger partial charge < -0.3 is 9.47 Å². The van der Waals surface area contributed by atoms with Crippen molar-refractivity contribution in [2.24, 2.45) is 0 Å². The van der Waals surface area contributed by atoms with Crippen molar-refractivity contribution in [1.29, 1.82) is 0 Å². The van der Waals surface area contributed by atoms with E-state index in [0.717, 1.165) is 65.9 Å². The molecule has 1 aliphatic heterocycles. The molecule has 3 aromatic rings. The van der Waals surface area contributed by atoms with Crippen molar-refractivity contribution in [3.8, 4) is 5.75 Å². The fourth-order valence-corrected chi connectivity index (χ4v) is 5.17. The summed E-state index contributed by atoms with van der Waals surface area (Å²) in [7, 11) is 0. The molecule has 7 heteroatoms. The third-order valence-electron chi connectivity index (χ3n) is 5.64. The molecule has 0 radical (unpaired) electrons. The molecule has 1 aliphatic rings. The number of morpholine rings is 1. The number of para-hydroxylation sites is 1. The van der Waals surface area contributed by atoms with Gasteiger partial charge in [0.25, 0.3) is 0 Å². The van der Waals surface area contributed by atoms with Gasteiger partial charge in [-0.15, -0.1) is 0 Å². The largest absolute Gasteiger partial charge is 0.493 e. The van der Waals surface area contributed by atoms with E-state index in [0.29, 0.717) is 19.6 Å². The van der Waals surface area contributed by atoms with E-state index in [9.17, 15) is 4.79 Å². The van der Waals surface area contributed by atoms with Crippen LogP contribution in [0.4, 0.5) is 5.13 Å². The maximum Gasteiger partial charge on any atom is 0.232 e. The van der Waals surface area contributed by atoms with Gasteiger partial charge in [0.1, 0.15) is 5.75 Å². The van der Waals surface area contributed by atoms with Crippen LogP contribution < -0.4 is 9.64 Å². The lowest BCUT2D eigenvalue weighted by atomic mass is 10.1. The summed E-state index contributed by atoms with van der Waals surface area (Å²) < 4.78 is 12.3. The minimum Gasteiger partial charge on any atom is -0.493 e. The van der Waals surface area contributed by atoms with Crippen molar-refractivity contribution in [2.45, 2.75) is 26.7 Å². The van der Waals surface area contributed by atoms with Crippen LogP contribution >= 0.6 is 11.3 Å². The highest BCUT2D eigenvalue weighted by Crippen LogP contribution is 2.32. The molecule has 0 spiro atoms. The minimum absolute atomic E-state index is 0.0522. The maximum atomic E-state index is 13.2. The molecule has 170 valence electrons. The molecule has 1 saturated heterocycles. The molecule has 1 fully saturated rings. The standard InChI is InChI=1S/C25H31N3O3S/c1-19-17-20(2)24-22(18-19)32-25(26-24)28(11-6-10-27-12-15-30-16-13-27)23(29)9-14-31-21-7-4-3-5-8-21/h3-5,7-8,17-18H,6,9-16H2,1-2H3. The van der Waals surface area contributed by atoms with E-state index in [1.807, 2.05) is 35.2 Å². The van der Waals surface area contributed by atoms with Gasteiger partial charge in [0.15, 0.2) is 5.13 Å². The van der Waals surface area contributed by atoms with Gasteiger partial charge in [-0.1, -0.05) is 35.6 Å². The summed E-state index contributed by atoms with van der Waals surface area (Å²) in [6.07, 6.45) is 1.22. The maximum absolute atomic E-state index is 13.2. The van der Waals surface area contributed by atoms with Gasteiger partial charge in [-0.2, -0.15) is 0 Å². The second-order valence-corrected chi connectivity index (χ2v) is 9.20. The Bertz CT molecular complexity index is 1030. The number of amides is 1. The lowest BCUT2D eigenvalue weighted by Crippen LogP contribution is -2.39. The van der Waals surface area contributed by atoms with E-state index in [4.69, 9.17) is 14.5 Å². The summed E-state index contributed by atoms with van der Waals surface area (Å²) in [6, 6.07) is 13.9. The van der Waals surface area contributed by atoms with Crippen LogP contribution in [0.2, 0.25) is 0 Å². The van der Waals surface area contributed by atoms with Crippen molar-refractivity contribution < 1.29 is 14.3 Å². The Balaban J connectivity index is 1.45. The van der Waals surface area contributed by atoms with Gasteiger partial charge in [-0.3, -0.25) is 14.6 Å². The van der Waals surface area contributed by atoms with Gasteiger partial charge in [-0.05, 0) is 49.6 Å². The molecule has 0 saturated carbocycles. The Labute approximate surface area is 193 Å². The first-order valence-corrected chi connectivity index (χ1v) is 12.1. The molecule has 1 aromatic heterocycles. The number of benzene rings is 2. The van der Waals surface area contributed by atoms with Gasteiger partial charge in [0.2, 0.25) is 5.91 Å².